The van der Waals surface area contributed by atoms with Gasteiger partial charge in [-0.3, -0.25) is 9.36 Å². The third kappa shape index (κ3) is 2.58. The largest absolute Gasteiger partial charge is 0.497 e. The zero-order valence-corrected chi connectivity index (χ0v) is 11.6. The molecule has 0 spiro atoms. The second kappa shape index (κ2) is 5.28. The standard InChI is InChI=1S/C16H15N3O2/c1-21-13-5-2-11(3-6-13)9-19-10-18-15-7-4-12(17)8-14(15)16(19)20/h2-8,10H,9,17H2,1H3. The number of hydrogen-bond donors (Lipinski definition) is 1. The molecule has 0 aliphatic heterocycles. The average molecular weight is 281 g/mol. The summed E-state index contributed by atoms with van der Waals surface area (Å²) in [5.74, 6) is 0.788. The molecule has 2 aromatic carbocycles. The Kier molecular flexibility index (Phi) is 3.31. The molecule has 3 rings (SSSR count). The second-order valence-electron chi connectivity index (χ2n) is 4.80. The predicted octanol–water partition coefficient (Wildman–Crippen LogP) is 2.04. The van der Waals surface area contributed by atoms with Crippen LogP contribution in [-0.4, -0.2) is 16.7 Å². The molecular formula is C16H15N3O2. The zero-order valence-electron chi connectivity index (χ0n) is 11.6. The summed E-state index contributed by atoms with van der Waals surface area (Å²) < 4.78 is 6.69. The van der Waals surface area contributed by atoms with E-state index in [4.69, 9.17) is 10.5 Å². The number of aromatic nitrogens is 2. The van der Waals surface area contributed by atoms with Crippen LogP contribution in [0, 0.1) is 0 Å². The molecule has 0 saturated carbocycles. The Morgan fingerprint density at radius 3 is 2.67 bits per heavy atom. The lowest BCUT2D eigenvalue weighted by Crippen LogP contribution is -2.21. The molecule has 106 valence electrons. The van der Waals surface area contributed by atoms with Gasteiger partial charge in [0.15, 0.2) is 0 Å². The number of nitrogens with zero attached hydrogens (tertiary/aromatic N) is 2. The van der Waals surface area contributed by atoms with Gasteiger partial charge in [-0.25, -0.2) is 4.98 Å². The molecule has 1 aromatic heterocycles. The first-order valence-electron chi connectivity index (χ1n) is 6.55. The number of nitrogen functional groups attached to an aromatic ring is 1. The third-order valence-electron chi connectivity index (χ3n) is 3.36. The van der Waals surface area contributed by atoms with Gasteiger partial charge in [0.05, 0.1) is 30.9 Å². The van der Waals surface area contributed by atoms with Crippen molar-refractivity contribution >= 4 is 16.6 Å². The lowest BCUT2D eigenvalue weighted by Gasteiger charge is -2.08. The molecule has 5 nitrogen and oxygen atoms in total. The van der Waals surface area contributed by atoms with Gasteiger partial charge in [0.1, 0.15) is 5.75 Å². The monoisotopic (exact) mass is 281 g/mol. The molecule has 3 aromatic rings. The molecule has 1 heterocycles. The fraction of sp³-hybridized carbons (Fsp3) is 0.125. The number of benzene rings is 2. The van der Waals surface area contributed by atoms with Crippen LogP contribution < -0.4 is 16.0 Å². The fourth-order valence-corrected chi connectivity index (χ4v) is 2.22. The van der Waals surface area contributed by atoms with Crippen LogP contribution in [0.5, 0.6) is 5.75 Å². The van der Waals surface area contributed by atoms with Crippen LogP contribution in [0.15, 0.2) is 53.6 Å². The lowest BCUT2D eigenvalue weighted by atomic mass is 10.2. The third-order valence-corrected chi connectivity index (χ3v) is 3.36. The van der Waals surface area contributed by atoms with Gasteiger partial charge in [0.2, 0.25) is 0 Å². The molecule has 21 heavy (non-hydrogen) atoms. The summed E-state index contributed by atoms with van der Waals surface area (Å²) in [6.07, 6.45) is 1.56. The minimum absolute atomic E-state index is 0.0943. The smallest absolute Gasteiger partial charge is 0.261 e. The van der Waals surface area contributed by atoms with Crippen molar-refractivity contribution in [1.29, 1.82) is 0 Å². The first-order valence-corrected chi connectivity index (χ1v) is 6.55. The van der Waals surface area contributed by atoms with Crippen molar-refractivity contribution in [3.8, 4) is 5.75 Å². The van der Waals surface area contributed by atoms with Crippen LogP contribution in [0.3, 0.4) is 0 Å². The summed E-state index contributed by atoms with van der Waals surface area (Å²) in [5.41, 5.74) is 7.86. The molecular weight excluding hydrogens is 266 g/mol. The second-order valence-corrected chi connectivity index (χ2v) is 4.80. The van der Waals surface area contributed by atoms with Gasteiger partial charge in [-0.2, -0.15) is 0 Å². The fourth-order valence-electron chi connectivity index (χ4n) is 2.22. The minimum Gasteiger partial charge on any atom is -0.497 e. The first-order chi connectivity index (χ1) is 10.2. The molecule has 0 amide bonds. The predicted molar refractivity (Wildman–Crippen MR) is 82.5 cm³/mol. The summed E-state index contributed by atoms with van der Waals surface area (Å²) in [4.78, 5) is 16.7. The molecule has 0 radical (unpaired) electrons. The summed E-state index contributed by atoms with van der Waals surface area (Å²) >= 11 is 0. The Bertz CT molecular complexity index is 838. The van der Waals surface area contributed by atoms with Gasteiger partial charge in [0.25, 0.3) is 5.56 Å². The van der Waals surface area contributed by atoms with Crippen molar-refractivity contribution in [3.05, 3.63) is 64.7 Å². The Balaban J connectivity index is 2.00. The molecule has 0 fully saturated rings. The molecule has 0 atom stereocenters. The van der Waals surface area contributed by atoms with E-state index in [1.807, 2.05) is 24.3 Å². The van der Waals surface area contributed by atoms with E-state index in [-0.39, 0.29) is 5.56 Å². The summed E-state index contributed by atoms with van der Waals surface area (Å²) in [5, 5.41) is 0.533. The highest BCUT2D eigenvalue weighted by molar-refractivity contribution is 5.80. The number of methoxy groups -OCH3 is 1. The number of anilines is 1. The maximum atomic E-state index is 12.5. The quantitative estimate of drug-likeness (QED) is 0.746. The maximum Gasteiger partial charge on any atom is 0.261 e. The minimum atomic E-state index is -0.0943. The van der Waals surface area contributed by atoms with Gasteiger partial charge >= 0.3 is 0 Å². The number of nitrogens with two attached hydrogens (primary N) is 1. The topological polar surface area (TPSA) is 70.1 Å². The molecule has 0 aliphatic rings. The van der Waals surface area contributed by atoms with E-state index < -0.39 is 0 Å². The van der Waals surface area contributed by atoms with E-state index >= 15 is 0 Å². The molecule has 5 heteroatoms. The van der Waals surface area contributed by atoms with E-state index in [2.05, 4.69) is 4.98 Å². The number of rotatable bonds is 3. The van der Waals surface area contributed by atoms with Gasteiger partial charge in [-0.1, -0.05) is 12.1 Å². The van der Waals surface area contributed by atoms with Gasteiger partial charge in [-0.05, 0) is 35.9 Å². The van der Waals surface area contributed by atoms with Crippen LogP contribution in [0.2, 0.25) is 0 Å². The summed E-state index contributed by atoms with van der Waals surface area (Å²) in [6.45, 7) is 0.459. The average Bonchev–Trinajstić information content (AvgIpc) is 2.51. The molecule has 0 bridgehead atoms. The normalized spacial score (nSPS) is 10.7. The molecule has 2 N–H and O–H groups in total. The van der Waals surface area contributed by atoms with E-state index in [1.165, 1.54) is 0 Å². The highest BCUT2D eigenvalue weighted by Crippen LogP contribution is 2.13. The van der Waals surface area contributed by atoms with Crippen molar-refractivity contribution < 1.29 is 4.74 Å². The Morgan fingerprint density at radius 1 is 1.19 bits per heavy atom. The van der Waals surface area contributed by atoms with Crippen LogP contribution in [0.4, 0.5) is 5.69 Å². The summed E-state index contributed by atoms with van der Waals surface area (Å²) in [6, 6.07) is 12.7. The Hall–Kier alpha value is -2.82. The van der Waals surface area contributed by atoms with Crippen LogP contribution in [0.25, 0.3) is 10.9 Å². The van der Waals surface area contributed by atoms with Crippen LogP contribution in [0.1, 0.15) is 5.56 Å². The van der Waals surface area contributed by atoms with E-state index in [0.717, 1.165) is 11.3 Å². The van der Waals surface area contributed by atoms with Crippen molar-refractivity contribution in [2.24, 2.45) is 0 Å². The van der Waals surface area contributed by atoms with Gasteiger partial charge in [0, 0.05) is 5.69 Å². The Morgan fingerprint density at radius 2 is 1.95 bits per heavy atom. The van der Waals surface area contributed by atoms with E-state index in [9.17, 15) is 4.79 Å². The Labute approximate surface area is 121 Å². The summed E-state index contributed by atoms with van der Waals surface area (Å²) in [7, 11) is 1.62. The number of ether oxygens (including phenoxy) is 1. The number of hydrogen-bond acceptors (Lipinski definition) is 4. The molecule has 0 unspecified atom stereocenters. The zero-order chi connectivity index (χ0) is 14.8. The first kappa shape index (κ1) is 13.2. The lowest BCUT2D eigenvalue weighted by molar-refractivity contribution is 0.414. The molecule has 0 saturated heterocycles. The van der Waals surface area contributed by atoms with E-state index in [0.29, 0.717) is 23.1 Å². The van der Waals surface area contributed by atoms with Crippen LogP contribution >= 0.6 is 0 Å². The maximum absolute atomic E-state index is 12.5. The SMILES string of the molecule is COc1ccc(Cn2cnc3ccc(N)cc3c2=O)cc1. The van der Waals surface area contributed by atoms with Crippen molar-refractivity contribution in [3.63, 3.8) is 0 Å². The number of fused-ring (bicyclic) bond motifs is 1. The van der Waals surface area contributed by atoms with Crippen molar-refractivity contribution in [1.82, 2.24) is 9.55 Å². The van der Waals surface area contributed by atoms with Crippen molar-refractivity contribution in [2.45, 2.75) is 6.54 Å². The van der Waals surface area contributed by atoms with Gasteiger partial charge in [-0.15, -0.1) is 0 Å². The molecule has 0 aliphatic carbocycles. The van der Waals surface area contributed by atoms with Crippen molar-refractivity contribution in [2.75, 3.05) is 12.8 Å². The highest BCUT2D eigenvalue weighted by Gasteiger charge is 2.05. The van der Waals surface area contributed by atoms with Gasteiger partial charge < -0.3 is 10.5 Å². The van der Waals surface area contributed by atoms with E-state index in [1.54, 1.807) is 36.2 Å². The van der Waals surface area contributed by atoms with Crippen LogP contribution in [-0.2, 0) is 6.54 Å². The highest BCUT2D eigenvalue weighted by atomic mass is 16.5.